The zero-order valence-corrected chi connectivity index (χ0v) is 10.7. The number of aromatic nitrogens is 4. The van der Waals surface area contributed by atoms with E-state index < -0.39 is 0 Å². The summed E-state index contributed by atoms with van der Waals surface area (Å²) in [5.74, 6) is 3.68. The predicted octanol–water partition coefficient (Wildman–Crippen LogP) is 1.80. The highest BCUT2D eigenvalue weighted by atomic mass is 16.5. The van der Waals surface area contributed by atoms with E-state index in [1.807, 2.05) is 0 Å². The van der Waals surface area contributed by atoms with Crippen molar-refractivity contribution in [2.45, 2.75) is 38.1 Å². The Morgan fingerprint density at radius 1 is 1.37 bits per heavy atom. The molecule has 2 aromatic rings. The zero-order chi connectivity index (χ0) is 12.8. The third-order valence-electron chi connectivity index (χ3n) is 4.50. The van der Waals surface area contributed by atoms with Crippen molar-refractivity contribution in [2.24, 2.45) is 11.8 Å². The molecule has 0 amide bonds. The Morgan fingerprint density at radius 3 is 3.00 bits per heavy atom. The summed E-state index contributed by atoms with van der Waals surface area (Å²) in [7, 11) is 0. The van der Waals surface area contributed by atoms with Crippen LogP contribution < -0.4 is 5.73 Å². The van der Waals surface area contributed by atoms with Gasteiger partial charge in [0, 0.05) is 12.1 Å². The molecule has 2 fully saturated rings. The maximum atomic E-state index is 5.63. The van der Waals surface area contributed by atoms with Gasteiger partial charge in [0.25, 0.3) is 0 Å². The Bertz CT molecular complexity index is 589. The quantitative estimate of drug-likeness (QED) is 0.908. The first-order valence-corrected chi connectivity index (χ1v) is 6.88. The van der Waals surface area contributed by atoms with E-state index in [0.29, 0.717) is 24.0 Å². The molecule has 100 valence electrons. The molecular formula is C13H17N5O. The van der Waals surface area contributed by atoms with Crippen molar-refractivity contribution in [1.82, 2.24) is 19.9 Å². The largest absolute Gasteiger partial charge is 0.396 e. The number of fused-ring (bicyclic) bond motifs is 2. The third kappa shape index (κ3) is 1.91. The lowest BCUT2D eigenvalue weighted by atomic mass is 9.88. The summed E-state index contributed by atoms with van der Waals surface area (Å²) in [6, 6.07) is 0. The molecule has 2 bridgehead atoms. The maximum absolute atomic E-state index is 5.63. The molecule has 2 N–H and O–H groups in total. The van der Waals surface area contributed by atoms with E-state index in [1.54, 1.807) is 17.1 Å². The van der Waals surface area contributed by atoms with Crippen LogP contribution in [0.15, 0.2) is 16.9 Å². The van der Waals surface area contributed by atoms with Crippen LogP contribution in [0.5, 0.6) is 0 Å². The van der Waals surface area contributed by atoms with E-state index in [0.717, 1.165) is 17.7 Å². The second-order valence-electron chi connectivity index (χ2n) is 5.80. The fourth-order valence-electron chi connectivity index (χ4n) is 3.65. The van der Waals surface area contributed by atoms with E-state index >= 15 is 0 Å². The first kappa shape index (κ1) is 11.0. The third-order valence-corrected chi connectivity index (χ3v) is 4.50. The molecule has 0 spiro atoms. The Kier molecular flexibility index (Phi) is 2.36. The van der Waals surface area contributed by atoms with Crippen molar-refractivity contribution in [1.29, 1.82) is 0 Å². The molecule has 6 nitrogen and oxygen atoms in total. The number of nitrogens with two attached hydrogens (primary N) is 1. The van der Waals surface area contributed by atoms with Crippen LogP contribution in [-0.2, 0) is 6.54 Å². The molecule has 2 heterocycles. The number of anilines is 1. The first-order chi connectivity index (χ1) is 9.28. The van der Waals surface area contributed by atoms with Crippen LogP contribution >= 0.6 is 0 Å². The second kappa shape index (κ2) is 4.08. The van der Waals surface area contributed by atoms with Gasteiger partial charge in [0.1, 0.15) is 6.54 Å². The molecule has 2 aliphatic rings. The van der Waals surface area contributed by atoms with Crippen LogP contribution in [0.3, 0.4) is 0 Å². The number of nitrogens with zero attached hydrogens (tertiary/aromatic N) is 4. The highest BCUT2D eigenvalue weighted by Gasteiger charge is 2.42. The minimum absolute atomic E-state index is 0.491. The normalized spacial score (nSPS) is 29.2. The van der Waals surface area contributed by atoms with Gasteiger partial charge in [-0.15, -0.1) is 0 Å². The van der Waals surface area contributed by atoms with E-state index in [4.69, 9.17) is 10.3 Å². The average Bonchev–Trinajstić information content (AvgIpc) is 3.13. The lowest BCUT2D eigenvalue weighted by molar-refractivity contribution is 0.344. The van der Waals surface area contributed by atoms with Crippen molar-refractivity contribution in [3.05, 3.63) is 24.1 Å². The number of hydrogen-bond acceptors (Lipinski definition) is 5. The molecule has 6 heteroatoms. The summed E-state index contributed by atoms with van der Waals surface area (Å²) in [5, 5.41) is 8.28. The van der Waals surface area contributed by atoms with Crippen molar-refractivity contribution >= 4 is 5.69 Å². The van der Waals surface area contributed by atoms with Crippen LogP contribution in [0, 0.1) is 11.8 Å². The van der Waals surface area contributed by atoms with Gasteiger partial charge in [-0.3, -0.25) is 4.68 Å². The molecule has 19 heavy (non-hydrogen) atoms. The molecule has 2 saturated carbocycles. The summed E-state index contributed by atoms with van der Waals surface area (Å²) in [6.07, 6.45) is 8.69. The van der Waals surface area contributed by atoms with Gasteiger partial charge in [0.15, 0.2) is 5.82 Å². The molecule has 0 aliphatic heterocycles. The van der Waals surface area contributed by atoms with Crippen LogP contribution in [-0.4, -0.2) is 19.9 Å². The van der Waals surface area contributed by atoms with E-state index in [2.05, 4.69) is 15.2 Å². The van der Waals surface area contributed by atoms with E-state index in [9.17, 15) is 0 Å². The Morgan fingerprint density at radius 2 is 2.32 bits per heavy atom. The topological polar surface area (TPSA) is 82.8 Å². The van der Waals surface area contributed by atoms with Gasteiger partial charge in [0.2, 0.25) is 5.89 Å². The molecule has 0 aromatic carbocycles. The van der Waals surface area contributed by atoms with Crippen molar-refractivity contribution in [2.75, 3.05) is 5.73 Å². The lowest BCUT2D eigenvalue weighted by Gasteiger charge is -2.17. The van der Waals surface area contributed by atoms with Gasteiger partial charge < -0.3 is 10.3 Å². The SMILES string of the molecule is Nc1cnn(Cc2nc(C3CC4CCC3C4)no2)c1. The van der Waals surface area contributed by atoms with Gasteiger partial charge in [-0.25, -0.2) is 0 Å². The molecule has 0 radical (unpaired) electrons. The van der Waals surface area contributed by atoms with E-state index in [-0.39, 0.29) is 0 Å². The Hall–Kier alpha value is -1.85. The molecule has 3 unspecified atom stereocenters. The highest BCUT2D eigenvalue weighted by molar-refractivity contribution is 5.30. The average molecular weight is 259 g/mol. The molecule has 2 aliphatic carbocycles. The fraction of sp³-hybridized carbons (Fsp3) is 0.615. The number of hydrogen-bond donors (Lipinski definition) is 1. The minimum atomic E-state index is 0.491. The van der Waals surface area contributed by atoms with Crippen LogP contribution in [0.1, 0.15) is 43.3 Å². The fourth-order valence-corrected chi connectivity index (χ4v) is 3.65. The maximum Gasteiger partial charge on any atom is 0.248 e. The van der Waals surface area contributed by atoms with Crippen LogP contribution in [0.2, 0.25) is 0 Å². The smallest absolute Gasteiger partial charge is 0.248 e. The van der Waals surface area contributed by atoms with Gasteiger partial charge in [0.05, 0.1) is 11.9 Å². The summed E-state index contributed by atoms with van der Waals surface area (Å²) >= 11 is 0. The van der Waals surface area contributed by atoms with Crippen LogP contribution in [0.4, 0.5) is 5.69 Å². The van der Waals surface area contributed by atoms with E-state index in [1.165, 1.54) is 25.7 Å². The molecule has 2 aromatic heterocycles. The standard InChI is InChI=1S/C13H17N5O/c14-10-5-15-18(6-10)7-12-16-13(17-19-12)11-4-8-1-2-9(11)3-8/h5-6,8-9,11H,1-4,7,14H2. The molecule has 3 atom stereocenters. The lowest BCUT2D eigenvalue weighted by Crippen LogP contribution is -2.10. The zero-order valence-electron chi connectivity index (χ0n) is 10.7. The van der Waals surface area contributed by atoms with Gasteiger partial charge >= 0.3 is 0 Å². The first-order valence-electron chi connectivity index (χ1n) is 6.88. The van der Waals surface area contributed by atoms with Crippen molar-refractivity contribution in [3.8, 4) is 0 Å². The summed E-state index contributed by atoms with van der Waals surface area (Å²) in [5.41, 5.74) is 6.27. The Balaban J connectivity index is 1.50. The summed E-state index contributed by atoms with van der Waals surface area (Å²) < 4.78 is 7.05. The molecular weight excluding hydrogens is 242 g/mol. The molecule has 4 rings (SSSR count). The van der Waals surface area contributed by atoms with Crippen molar-refractivity contribution < 1.29 is 4.52 Å². The monoisotopic (exact) mass is 259 g/mol. The van der Waals surface area contributed by atoms with Crippen molar-refractivity contribution in [3.63, 3.8) is 0 Å². The summed E-state index contributed by atoms with van der Waals surface area (Å²) in [4.78, 5) is 4.54. The summed E-state index contributed by atoms with van der Waals surface area (Å²) in [6.45, 7) is 0.491. The van der Waals surface area contributed by atoms with Crippen LogP contribution in [0.25, 0.3) is 0 Å². The van der Waals surface area contributed by atoms with Gasteiger partial charge in [-0.2, -0.15) is 10.1 Å². The van der Waals surface area contributed by atoms with Gasteiger partial charge in [-0.05, 0) is 31.1 Å². The number of rotatable bonds is 3. The Labute approximate surface area is 111 Å². The number of nitrogen functional groups attached to an aromatic ring is 1. The highest BCUT2D eigenvalue weighted by Crippen LogP contribution is 2.52. The predicted molar refractivity (Wildman–Crippen MR) is 68.2 cm³/mol. The molecule has 0 saturated heterocycles. The minimum Gasteiger partial charge on any atom is -0.396 e. The second-order valence-corrected chi connectivity index (χ2v) is 5.80. The van der Waals surface area contributed by atoms with Gasteiger partial charge in [-0.1, -0.05) is 11.6 Å².